The molecule has 1 aliphatic rings. The van der Waals surface area contributed by atoms with Crippen LogP contribution in [0.3, 0.4) is 0 Å². The predicted molar refractivity (Wildman–Crippen MR) is 95.8 cm³/mol. The zero-order valence-corrected chi connectivity index (χ0v) is 16.1. The molecule has 0 amide bonds. The van der Waals surface area contributed by atoms with Gasteiger partial charge in [0.1, 0.15) is 0 Å². The minimum atomic E-state index is -3.13. The molecule has 1 unspecified atom stereocenters. The van der Waals surface area contributed by atoms with Gasteiger partial charge in [-0.3, -0.25) is 4.99 Å². The second kappa shape index (κ2) is 9.80. The van der Waals surface area contributed by atoms with Crippen molar-refractivity contribution in [3.05, 3.63) is 0 Å². The smallest absolute Gasteiger partial charge is 0.211 e. The molecule has 1 heterocycles. The van der Waals surface area contributed by atoms with Crippen molar-refractivity contribution in [1.82, 2.24) is 15.4 Å². The van der Waals surface area contributed by atoms with Crippen LogP contribution in [0.15, 0.2) is 4.99 Å². The maximum absolute atomic E-state index is 11.3. The van der Waals surface area contributed by atoms with Crippen molar-refractivity contribution < 1.29 is 13.2 Å². The third-order valence-corrected chi connectivity index (χ3v) is 4.68. The van der Waals surface area contributed by atoms with E-state index in [0.717, 1.165) is 19.4 Å². The Morgan fingerprint density at radius 3 is 2.57 bits per heavy atom. The Morgan fingerprint density at radius 1 is 1.33 bits per heavy atom. The molecule has 0 aromatic rings. The van der Waals surface area contributed by atoms with E-state index in [2.05, 4.69) is 27.3 Å². The highest BCUT2D eigenvalue weighted by Gasteiger charge is 2.29. The molecule has 0 aromatic heterocycles. The summed E-state index contributed by atoms with van der Waals surface area (Å²) in [5.74, 6) is 0.743. The van der Waals surface area contributed by atoms with Gasteiger partial charge in [-0.2, -0.15) is 0 Å². The van der Waals surface area contributed by atoms with Crippen molar-refractivity contribution in [2.75, 3.05) is 39.0 Å². The summed E-state index contributed by atoms with van der Waals surface area (Å²) in [5.41, 5.74) is -0.137. The molecule has 0 bridgehead atoms. The van der Waals surface area contributed by atoms with Crippen LogP contribution >= 0.6 is 24.0 Å². The number of hydrogen-bond donors (Lipinski definition) is 3. The van der Waals surface area contributed by atoms with Gasteiger partial charge >= 0.3 is 0 Å². The maximum atomic E-state index is 11.3. The monoisotopic (exact) mass is 434 g/mol. The lowest BCUT2D eigenvalue weighted by atomic mass is 10.0. The fourth-order valence-corrected chi connectivity index (χ4v) is 2.57. The number of nitrogens with zero attached hydrogens (tertiary/aromatic N) is 1. The molecule has 1 saturated heterocycles. The second-order valence-electron chi connectivity index (χ2n) is 5.05. The van der Waals surface area contributed by atoms with Crippen LogP contribution < -0.4 is 15.4 Å². The average Bonchev–Trinajstić information content (AvgIpc) is 2.85. The van der Waals surface area contributed by atoms with Gasteiger partial charge in [0.2, 0.25) is 10.0 Å². The number of sulfonamides is 1. The lowest BCUT2D eigenvalue weighted by Gasteiger charge is -2.24. The molecule has 0 aliphatic carbocycles. The standard InChI is InChI=1S/C12H26N4O3S.HI/c1-4-20(17,18)16-8-7-14-11(13-3)15-10-12(2)6-5-9-19-12;/h16H,4-10H2,1-3H3,(H2,13,14,15);1H. The zero-order valence-electron chi connectivity index (χ0n) is 12.9. The quantitative estimate of drug-likeness (QED) is 0.232. The van der Waals surface area contributed by atoms with Crippen molar-refractivity contribution in [2.24, 2.45) is 4.99 Å². The number of halogens is 1. The molecule has 1 atom stereocenters. The Hall–Kier alpha value is -0.130. The van der Waals surface area contributed by atoms with E-state index >= 15 is 0 Å². The Bertz CT molecular complexity index is 422. The molecule has 1 aliphatic heterocycles. The summed E-state index contributed by atoms with van der Waals surface area (Å²) in [6.45, 7) is 6.01. The number of rotatable bonds is 7. The van der Waals surface area contributed by atoms with Crippen molar-refractivity contribution in [2.45, 2.75) is 32.3 Å². The first kappa shape index (κ1) is 20.9. The van der Waals surface area contributed by atoms with Crippen LogP contribution in [0.1, 0.15) is 26.7 Å². The molecule has 9 heteroatoms. The molecule has 1 fully saturated rings. The fraction of sp³-hybridized carbons (Fsp3) is 0.917. The van der Waals surface area contributed by atoms with Gasteiger partial charge in [0.15, 0.2) is 5.96 Å². The number of ether oxygens (including phenoxy) is 1. The van der Waals surface area contributed by atoms with Crippen molar-refractivity contribution in [3.8, 4) is 0 Å². The largest absolute Gasteiger partial charge is 0.373 e. The number of hydrogen-bond acceptors (Lipinski definition) is 4. The maximum Gasteiger partial charge on any atom is 0.211 e. The molecule has 0 spiro atoms. The lowest BCUT2D eigenvalue weighted by Crippen LogP contribution is -2.47. The normalized spacial score (nSPS) is 22.7. The Balaban J connectivity index is 0.00000400. The summed E-state index contributed by atoms with van der Waals surface area (Å²) in [6, 6.07) is 0. The third-order valence-electron chi connectivity index (χ3n) is 3.27. The Kier molecular flexibility index (Phi) is 9.74. The number of aliphatic imine (C=N–C) groups is 1. The van der Waals surface area contributed by atoms with E-state index in [1.165, 1.54) is 0 Å². The van der Waals surface area contributed by atoms with Crippen LogP contribution in [0.2, 0.25) is 0 Å². The zero-order chi connectivity index (χ0) is 15.1. The molecule has 7 nitrogen and oxygen atoms in total. The van der Waals surface area contributed by atoms with Gasteiger partial charge in [0, 0.05) is 33.3 Å². The van der Waals surface area contributed by atoms with E-state index in [1.54, 1.807) is 14.0 Å². The topological polar surface area (TPSA) is 91.8 Å². The second-order valence-corrected chi connectivity index (χ2v) is 7.15. The molecule has 0 saturated carbocycles. The van der Waals surface area contributed by atoms with Gasteiger partial charge < -0.3 is 15.4 Å². The highest BCUT2D eigenvalue weighted by atomic mass is 127. The van der Waals surface area contributed by atoms with E-state index < -0.39 is 10.0 Å². The van der Waals surface area contributed by atoms with Crippen LogP contribution in [-0.4, -0.2) is 59.0 Å². The number of nitrogens with one attached hydrogen (secondary N) is 3. The van der Waals surface area contributed by atoms with Crippen LogP contribution in [0.4, 0.5) is 0 Å². The summed E-state index contributed by atoms with van der Waals surface area (Å²) in [6.07, 6.45) is 2.12. The lowest BCUT2D eigenvalue weighted by molar-refractivity contribution is 0.0243. The fourth-order valence-electron chi connectivity index (χ4n) is 1.96. The molecule has 21 heavy (non-hydrogen) atoms. The summed E-state index contributed by atoms with van der Waals surface area (Å²) < 4.78 is 30.7. The minimum absolute atomic E-state index is 0. The first-order valence-electron chi connectivity index (χ1n) is 6.96. The van der Waals surface area contributed by atoms with E-state index in [1.807, 2.05) is 0 Å². The van der Waals surface area contributed by atoms with Crippen LogP contribution in [0, 0.1) is 0 Å². The van der Waals surface area contributed by atoms with Gasteiger partial charge in [-0.15, -0.1) is 24.0 Å². The van der Waals surface area contributed by atoms with Gasteiger partial charge in [0.25, 0.3) is 0 Å². The molecule has 1 rings (SSSR count). The van der Waals surface area contributed by atoms with Gasteiger partial charge in [-0.05, 0) is 26.7 Å². The first-order chi connectivity index (χ1) is 9.41. The van der Waals surface area contributed by atoms with Crippen molar-refractivity contribution in [1.29, 1.82) is 0 Å². The molecule has 0 radical (unpaired) electrons. The Morgan fingerprint density at radius 2 is 2.05 bits per heavy atom. The molecule has 3 N–H and O–H groups in total. The summed E-state index contributed by atoms with van der Waals surface area (Å²) >= 11 is 0. The van der Waals surface area contributed by atoms with Crippen molar-refractivity contribution >= 4 is 40.0 Å². The first-order valence-corrected chi connectivity index (χ1v) is 8.62. The summed E-state index contributed by atoms with van der Waals surface area (Å²) in [7, 11) is -1.45. The molecule has 0 aromatic carbocycles. The Labute approximate surface area is 144 Å². The third kappa shape index (κ3) is 8.17. The van der Waals surface area contributed by atoms with Gasteiger partial charge in [-0.1, -0.05) is 0 Å². The van der Waals surface area contributed by atoms with E-state index in [9.17, 15) is 8.42 Å². The van der Waals surface area contributed by atoms with Gasteiger partial charge in [0.05, 0.1) is 11.4 Å². The van der Waals surface area contributed by atoms with E-state index in [-0.39, 0.29) is 35.3 Å². The summed E-state index contributed by atoms with van der Waals surface area (Å²) in [4.78, 5) is 4.10. The minimum Gasteiger partial charge on any atom is -0.373 e. The van der Waals surface area contributed by atoms with Gasteiger partial charge in [-0.25, -0.2) is 13.1 Å². The van der Waals surface area contributed by atoms with Crippen LogP contribution in [0.5, 0.6) is 0 Å². The van der Waals surface area contributed by atoms with Crippen molar-refractivity contribution in [3.63, 3.8) is 0 Å². The van der Waals surface area contributed by atoms with E-state index in [0.29, 0.717) is 25.6 Å². The van der Waals surface area contributed by atoms with E-state index in [4.69, 9.17) is 4.74 Å². The average molecular weight is 434 g/mol. The predicted octanol–water partition coefficient (Wildman–Crippen LogP) is 0.278. The number of guanidine groups is 1. The molecular formula is C12H27IN4O3S. The van der Waals surface area contributed by atoms with Crippen LogP contribution in [0.25, 0.3) is 0 Å². The molecular weight excluding hydrogens is 407 g/mol. The van der Waals surface area contributed by atoms with Crippen LogP contribution in [-0.2, 0) is 14.8 Å². The summed E-state index contributed by atoms with van der Waals surface area (Å²) in [5, 5.41) is 6.26. The highest BCUT2D eigenvalue weighted by molar-refractivity contribution is 14.0. The molecule has 126 valence electrons. The SMILES string of the molecule is CCS(=O)(=O)NCCNC(=NC)NCC1(C)CCCO1.I. The highest BCUT2D eigenvalue weighted by Crippen LogP contribution is 2.23.